The zero-order valence-electron chi connectivity index (χ0n) is 12.1. The highest BCUT2D eigenvalue weighted by Crippen LogP contribution is 2.20. The normalized spacial score (nSPS) is 20.2. The van der Waals surface area contributed by atoms with Crippen LogP contribution in [-0.4, -0.2) is 27.0 Å². The first-order chi connectivity index (χ1) is 9.16. The molecule has 0 saturated carbocycles. The fraction of sp³-hybridized carbons (Fsp3) is 0.500. The summed E-state index contributed by atoms with van der Waals surface area (Å²) >= 11 is 0. The van der Waals surface area contributed by atoms with Gasteiger partial charge in [0.1, 0.15) is 0 Å². The smallest absolute Gasteiger partial charge is 0.198 e. The third kappa shape index (κ3) is 4.00. The van der Waals surface area contributed by atoms with Crippen molar-refractivity contribution in [2.45, 2.75) is 32.5 Å². The molecule has 1 aromatic rings. The molecule has 104 valence electrons. The molecule has 2 rings (SSSR count). The molecule has 1 atom stereocenters. The molecule has 0 amide bonds. The molecule has 3 nitrogen and oxygen atoms in total. The number of hydrogen-bond acceptors (Lipinski definition) is 3. The van der Waals surface area contributed by atoms with Gasteiger partial charge in [-0.1, -0.05) is 12.1 Å². The first-order valence-electron chi connectivity index (χ1n) is 6.88. The SMILES string of the molecule is C/C(=C\OC1CCCCO1)c1ccc(N(C)C)cc1. The van der Waals surface area contributed by atoms with Gasteiger partial charge in [0.05, 0.1) is 12.9 Å². The number of rotatable bonds is 4. The minimum Gasteiger partial charge on any atom is -0.472 e. The summed E-state index contributed by atoms with van der Waals surface area (Å²) in [5.41, 5.74) is 3.51. The van der Waals surface area contributed by atoms with Crippen LogP contribution in [0, 0.1) is 0 Å². The number of allylic oxidation sites excluding steroid dienone is 1. The van der Waals surface area contributed by atoms with E-state index in [9.17, 15) is 0 Å². The summed E-state index contributed by atoms with van der Waals surface area (Å²) in [7, 11) is 4.09. The van der Waals surface area contributed by atoms with Gasteiger partial charge < -0.3 is 14.4 Å². The van der Waals surface area contributed by atoms with Gasteiger partial charge in [-0.3, -0.25) is 0 Å². The van der Waals surface area contributed by atoms with Crippen LogP contribution in [0.2, 0.25) is 0 Å². The van der Waals surface area contributed by atoms with Crippen LogP contribution >= 0.6 is 0 Å². The average molecular weight is 261 g/mol. The van der Waals surface area contributed by atoms with Crippen molar-refractivity contribution < 1.29 is 9.47 Å². The minimum absolute atomic E-state index is 0.0650. The maximum Gasteiger partial charge on any atom is 0.198 e. The van der Waals surface area contributed by atoms with Gasteiger partial charge in [0.15, 0.2) is 6.29 Å². The van der Waals surface area contributed by atoms with Crippen molar-refractivity contribution in [1.82, 2.24) is 0 Å². The van der Waals surface area contributed by atoms with Crippen LogP contribution < -0.4 is 4.90 Å². The van der Waals surface area contributed by atoms with Crippen LogP contribution in [0.1, 0.15) is 31.7 Å². The van der Waals surface area contributed by atoms with E-state index in [1.54, 1.807) is 0 Å². The maximum atomic E-state index is 5.68. The summed E-state index contributed by atoms with van der Waals surface area (Å²) in [5, 5.41) is 0. The van der Waals surface area contributed by atoms with Crippen molar-refractivity contribution in [3.63, 3.8) is 0 Å². The summed E-state index contributed by atoms with van der Waals surface area (Å²) in [6, 6.07) is 8.46. The van der Waals surface area contributed by atoms with E-state index in [1.807, 2.05) is 20.4 Å². The molecule has 19 heavy (non-hydrogen) atoms. The lowest BCUT2D eigenvalue weighted by Crippen LogP contribution is -2.20. The molecule has 1 aliphatic heterocycles. The van der Waals surface area contributed by atoms with E-state index in [4.69, 9.17) is 9.47 Å². The van der Waals surface area contributed by atoms with Gasteiger partial charge in [0.2, 0.25) is 0 Å². The zero-order valence-corrected chi connectivity index (χ0v) is 12.1. The molecule has 1 aromatic carbocycles. The summed E-state index contributed by atoms with van der Waals surface area (Å²) < 4.78 is 11.2. The van der Waals surface area contributed by atoms with Crippen molar-refractivity contribution in [3.8, 4) is 0 Å². The van der Waals surface area contributed by atoms with Crippen molar-refractivity contribution >= 4 is 11.3 Å². The van der Waals surface area contributed by atoms with Gasteiger partial charge in [-0.2, -0.15) is 0 Å². The molecule has 0 aromatic heterocycles. The van der Waals surface area contributed by atoms with Crippen molar-refractivity contribution in [2.75, 3.05) is 25.6 Å². The lowest BCUT2D eigenvalue weighted by Gasteiger charge is -2.22. The number of hydrogen-bond donors (Lipinski definition) is 0. The molecule has 0 bridgehead atoms. The molecule has 1 fully saturated rings. The Hall–Kier alpha value is -1.48. The second-order valence-electron chi connectivity index (χ2n) is 5.17. The highest BCUT2D eigenvalue weighted by molar-refractivity contribution is 5.65. The predicted octanol–water partition coefficient (Wildman–Crippen LogP) is 3.66. The lowest BCUT2D eigenvalue weighted by molar-refractivity contribution is -0.129. The Labute approximate surface area is 115 Å². The molecule has 0 spiro atoms. The molecular formula is C16H23NO2. The van der Waals surface area contributed by atoms with E-state index >= 15 is 0 Å². The average Bonchev–Trinajstić information content (AvgIpc) is 2.46. The second kappa shape index (κ2) is 6.62. The van der Waals surface area contributed by atoms with Gasteiger partial charge in [-0.25, -0.2) is 0 Å². The summed E-state index contributed by atoms with van der Waals surface area (Å²) in [4.78, 5) is 2.09. The number of benzene rings is 1. The van der Waals surface area contributed by atoms with Gasteiger partial charge >= 0.3 is 0 Å². The molecule has 0 aliphatic carbocycles. The Kier molecular flexibility index (Phi) is 4.86. The zero-order chi connectivity index (χ0) is 13.7. The van der Waals surface area contributed by atoms with Crippen LogP contribution in [0.25, 0.3) is 5.57 Å². The largest absolute Gasteiger partial charge is 0.472 e. The fourth-order valence-corrected chi connectivity index (χ4v) is 2.09. The van der Waals surface area contributed by atoms with Crippen LogP contribution in [-0.2, 0) is 9.47 Å². The third-order valence-corrected chi connectivity index (χ3v) is 3.37. The Balaban J connectivity index is 1.95. The van der Waals surface area contributed by atoms with Gasteiger partial charge in [0.25, 0.3) is 0 Å². The topological polar surface area (TPSA) is 21.7 Å². The van der Waals surface area contributed by atoms with Crippen molar-refractivity contribution in [3.05, 3.63) is 36.1 Å². The fourth-order valence-electron chi connectivity index (χ4n) is 2.09. The standard InChI is InChI=1S/C16H23NO2/c1-13(12-19-16-6-4-5-11-18-16)14-7-9-15(10-8-14)17(2)3/h7-10,12,16H,4-6,11H2,1-3H3/b13-12+. The minimum atomic E-state index is -0.0650. The number of ether oxygens (including phenoxy) is 2. The molecule has 1 saturated heterocycles. The Morgan fingerprint density at radius 1 is 1.26 bits per heavy atom. The molecule has 0 radical (unpaired) electrons. The van der Waals surface area contributed by atoms with E-state index in [0.29, 0.717) is 0 Å². The second-order valence-corrected chi connectivity index (χ2v) is 5.17. The molecule has 1 heterocycles. The number of anilines is 1. The summed E-state index contributed by atoms with van der Waals surface area (Å²) in [6.45, 7) is 2.88. The molecule has 1 aliphatic rings. The van der Waals surface area contributed by atoms with E-state index in [1.165, 1.54) is 17.7 Å². The van der Waals surface area contributed by atoms with Crippen LogP contribution in [0.3, 0.4) is 0 Å². The first kappa shape index (κ1) is 13.9. The van der Waals surface area contributed by atoms with Crippen molar-refractivity contribution in [1.29, 1.82) is 0 Å². The molecule has 0 N–H and O–H groups in total. The Morgan fingerprint density at radius 2 is 2.00 bits per heavy atom. The lowest BCUT2D eigenvalue weighted by atomic mass is 10.1. The van der Waals surface area contributed by atoms with E-state index in [-0.39, 0.29) is 6.29 Å². The quantitative estimate of drug-likeness (QED) is 0.772. The van der Waals surface area contributed by atoms with Crippen LogP contribution in [0.5, 0.6) is 0 Å². The molecule has 1 unspecified atom stereocenters. The first-order valence-corrected chi connectivity index (χ1v) is 6.88. The van der Waals surface area contributed by atoms with E-state index in [0.717, 1.165) is 25.0 Å². The van der Waals surface area contributed by atoms with Gasteiger partial charge in [-0.05, 0) is 43.0 Å². The van der Waals surface area contributed by atoms with Crippen LogP contribution in [0.15, 0.2) is 30.5 Å². The van der Waals surface area contributed by atoms with Crippen LogP contribution in [0.4, 0.5) is 5.69 Å². The maximum absolute atomic E-state index is 5.68. The Bertz CT molecular complexity index is 417. The molecular weight excluding hydrogens is 238 g/mol. The number of nitrogens with zero attached hydrogens (tertiary/aromatic N) is 1. The van der Waals surface area contributed by atoms with Gasteiger partial charge in [0, 0.05) is 26.2 Å². The predicted molar refractivity (Wildman–Crippen MR) is 79.1 cm³/mol. The van der Waals surface area contributed by atoms with Crippen molar-refractivity contribution in [2.24, 2.45) is 0 Å². The van der Waals surface area contributed by atoms with E-state index < -0.39 is 0 Å². The monoisotopic (exact) mass is 261 g/mol. The summed E-state index contributed by atoms with van der Waals surface area (Å²) in [6.07, 6.45) is 5.08. The third-order valence-electron chi connectivity index (χ3n) is 3.37. The summed E-state index contributed by atoms with van der Waals surface area (Å²) in [5.74, 6) is 0. The molecule has 3 heteroatoms. The highest BCUT2D eigenvalue weighted by Gasteiger charge is 2.13. The highest BCUT2D eigenvalue weighted by atomic mass is 16.7. The van der Waals surface area contributed by atoms with E-state index in [2.05, 4.69) is 36.1 Å². The Morgan fingerprint density at radius 3 is 2.58 bits per heavy atom. The van der Waals surface area contributed by atoms with Gasteiger partial charge in [-0.15, -0.1) is 0 Å².